The van der Waals surface area contributed by atoms with Gasteiger partial charge in [-0.05, 0) is 30.5 Å². The molecule has 1 aromatic heterocycles. The van der Waals surface area contributed by atoms with Crippen LogP contribution in [0.25, 0.3) is 0 Å². The summed E-state index contributed by atoms with van der Waals surface area (Å²) in [4.78, 5) is 16.4. The second-order valence-corrected chi connectivity index (χ2v) is 5.46. The predicted molar refractivity (Wildman–Crippen MR) is 79.0 cm³/mol. The standard InChI is InChI=1S/C15H16ClN3O/c16-12-5-3-4-11(8-12)9-15(20)18-14-10-17-13-6-1-2-7-19(13)14/h3-5,8,10H,1-2,6-7,9H2,(H,18,20). The first-order chi connectivity index (χ1) is 9.72. The third-order valence-corrected chi connectivity index (χ3v) is 3.73. The second kappa shape index (κ2) is 5.67. The van der Waals surface area contributed by atoms with Gasteiger partial charge in [-0.15, -0.1) is 0 Å². The van der Waals surface area contributed by atoms with E-state index in [1.807, 2.05) is 18.2 Å². The van der Waals surface area contributed by atoms with Crippen molar-refractivity contribution in [3.8, 4) is 0 Å². The van der Waals surface area contributed by atoms with Crippen molar-refractivity contribution in [2.75, 3.05) is 5.32 Å². The van der Waals surface area contributed by atoms with Crippen LogP contribution in [0.3, 0.4) is 0 Å². The summed E-state index contributed by atoms with van der Waals surface area (Å²) in [5.41, 5.74) is 0.911. The molecule has 0 aliphatic carbocycles. The molecule has 0 saturated carbocycles. The number of hydrogen-bond donors (Lipinski definition) is 1. The molecule has 0 saturated heterocycles. The van der Waals surface area contributed by atoms with Gasteiger partial charge in [-0.25, -0.2) is 4.98 Å². The SMILES string of the molecule is O=C(Cc1cccc(Cl)c1)Nc1cnc2n1CCCC2. The van der Waals surface area contributed by atoms with Crippen molar-refractivity contribution in [3.05, 3.63) is 46.9 Å². The van der Waals surface area contributed by atoms with Crippen molar-refractivity contribution < 1.29 is 4.79 Å². The summed E-state index contributed by atoms with van der Waals surface area (Å²) in [7, 11) is 0. The van der Waals surface area contributed by atoms with Gasteiger partial charge in [0.05, 0.1) is 12.6 Å². The maximum absolute atomic E-state index is 12.1. The summed E-state index contributed by atoms with van der Waals surface area (Å²) >= 11 is 5.92. The molecule has 4 nitrogen and oxygen atoms in total. The summed E-state index contributed by atoms with van der Waals surface area (Å²) in [6.07, 6.45) is 5.37. The van der Waals surface area contributed by atoms with E-state index in [0.717, 1.165) is 36.6 Å². The number of amides is 1. The van der Waals surface area contributed by atoms with Gasteiger partial charge >= 0.3 is 0 Å². The zero-order valence-corrected chi connectivity index (χ0v) is 11.9. The van der Waals surface area contributed by atoms with Crippen molar-refractivity contribution in [1.82, 2.24) is 9.55 Å². The van der Waals surface area contributed by atoms with Crippen LogP contribution >= 0.6 is 11.6 Å². The number of imidazole rings is 1. The number of hydrogen-bond acceptors (Lipinski definition) is 2. The van der Waals surface area contributed by atoms with Crippen LogP contribution in [0, 0.1) is 0 Å². The van der Waals surface area contributed by atoms with E-state index in [-0.39, 0.29) is 5.91 Å². The number of fused-ring (bicyclic) bond motifs is 1. The fourth-order valence-corrected chi connectivity index (χ4v) is 2.75. The van der Waals surface area contributed by atoms with Crippen LogP contribution in [0.1, 0.15) is 24.2 Å². The average Bonchev–Trinajstić information content (AvgIpc) is 2.82. The number of benzene rings is 1. The molecule has 0 unspecified atom stereocenters. The van der Waals surface area contributed by atoms with E-state index in [1.54, 1.807) is 12.3 Å². The number of rotatable bonds is 3. The Morgan fingerprint density at radius 1 is 1.40 bits per heavy atom. The van der Waals surface area contributed by atoms with Crippen molar-refractivity contribution in [2.45, 2.75) is 32.2 Å². The highest BCUT2D eigenvalue weighted by Crippen LogP contribution is 2.20. The first-order valence-electron chi connectivity index (χ1n) is 6.81. The molecule has 5 heteroatoms. The van der Waals surface area contributed by atoms with E-state index in [9.17, 15) is 4.79 Å². The van der Waals surface area contributed by atoms with E-state index in [1.165, 1.54) is 6.42 Å². The quantitative estimate of drug-likeness (QED) is 0.944. The summed E-state index contributed by atoms with van der Waals surface area (Å²) in [5.74, 6) is 1.82. The molecule has 1 aromatic carbocycles. The van der Waals surface area contributed by atoms with Crippen molar-refractivity contribution >= 4 is 23.3 Å². The summed E-state index contributed by atoms with van der Waals surface area (Å²) in [6, 6.07) is 7.37. The summed E-state index contributed by atoms with van der Waals surface area (Å²) in [6.45, 7) is 0.933. The topological polar surface area (TPSA) is 46.9 Å². The van der Waals surface area contributed by atoms with Crippen LogP contribution in [0.15, 0.2) is 30.5 Å². The molecule has 0 atom stereocenters. The highest BCUT2D eigenvalue weighted by Gasteiger charge is 2.15. The number of carbonyl (C=O) groups excluding carboxylic acids is 1. The van der Waals surface area contributed by atoms with Crippen molar-refractivity contribution in [2.24, 2.45) is 0 Å². The number of halogens is 1. The van der Waals surface area contributed by atoms with Crippen LogP contribution < -0.4 is 5.32 Å². The normalized spacial score (nSPS) is 13.8. The average molecular weight is 290 g/mol. The minimum Gasteiger partial charge on any atom is -0.315 e. The van der Waals surface area contributed by atoms with Gasteiger partial charge in [-0.3, -0.25) is 4.79 Å². The smallest absolute Gasteiger partial charge is 0.229 e. The zero-order valence-electron chi connectivity index (χ0n) is 11.1. The number of aryl methyl sites for hydroxylation is 1. The van der Waals surface area contributed by atoms with Gasteiger partial charge in [0.25, 0.3) is 0 Å². The molecule has 0 bridgehead atoms. The lowest BCUT2D eigenvalue weighted by Gasteiger charge is -2.16. The van der Waals surface area contributed by atoms with Crippen LogP contribution in [0.5, 0.6) is 0 Å². The molecule has 2 aromatic rings. The molecule has 104 valence electrons. The van der Waals surface area contributed by atoms with E-state index in [4.69, 9.17) is 11.6 Å². The third kappa shape index (κ3) is 2.85. The first kappa shape index (κ1) is 13.2. The van der Waals surface area contributed by atoms with Gasteiger partial charge in [0.2, 0.25) is 5.91 Å². The molecular formula is C15H16ClN3O. The molecule has 1 N–H and O–H groups in total. The Morgan fingerprint density at radius 3 is 3.15 bits per heavy atom. The van der Waals surface area contributed by atoms with Gasteiger partial charge in [0.1, 0.15) is 11.6 Å². The molecular weight excluding hydrogens is 274 g/mol. The lowest BCUT2D eigenvalue weighted by atomic mass is 10.1. The number of anilines is 1. The molecule has 0 fully saturated rings. The van der Waals surface area contributed by atoms with Crippen LogP contribution in [-0.4, -0.2) is 15.5 Å². The van der Waals surface area contributed by atoms with Crippen LogP contribution in [0.2, 0.25) is 5.02 Å². The highest BCUT2D eigenvalue weighted by atomic mass is 35.5. The summed E-state index contributed by atoms with van der Waals surface area (Å²) < 4.78 is 2.10. The zero-order chi connectivity index (χ0) is 13.9. The molecule has 1 aliphatic heterocycles. The predicted octanol–water partition coefficient (Wildman–Crippen LogP) is 3.05. The highest BCUT2D eigenvalue weighted by molar-refractivity contribution is 6.30. The van der Waals surface area contributed by atoms with Gasteiger partial charge in [0, 0.05) is 18.0 Å². The Hall–Kier alpha value is -1.81. The fraction of sp³-hybridized carbons (Fsp3) is 0.333. The number of nitrogens with zero attached hydrogens (tertiary/aromatic N) is 2. The van der Waals surface area contributed by atoms with E-state index in [2.05, 4.69) is 14.9 Å². The maximum atomic E-state index is 12.1. The van der Waals surface area contributed by atoms with Crippen LogP contribution in [0.4, 0.5) is 5.82 Å². The van der Waals surface area contributed by atoms with E-state index >= 15 is 0 Å². The largest absolute Gasteiger partial charge is 0.315 e. The Balaban J connectivity index is 1.69. The molecule has 2 heterocycles. The monoisotopic (exact) mass is 289 g/mol. The Morgan fingerprint density at radius 2 is 2.30 bits per heavy atom. The lowest BCUT2D eigenvalue weighted by Crippen LogP contribution is -2.19. The lowest BCUT2D eigenvalue weighted by molar-refractivity contribution is -0.115. The Labute approximate surface area is 122 Å². The summed E-state index contributed by atoms with van der Waals surface area (Å²) in [5, 5.41) is 3.59. The van der Waals surface area contributed by atoms with Gasteiger partial charge in [-0.1, -0.05) is 23.7 Å². The Kier molecular flexibility index (Phi) is 3.74. The molecule has 3 rings (SSSR count). The molecule has 1 amide bonds. The minimum absolute atomic E-state index is 0.0412. The first-order valence-corrected chi connectivity index (χ1v) is 7.19. The van der Waals surface area contributed by atoms with Gasteiger partial charge < -0.3 is 9.88 Å². The molecule has 0 spiro atoms. The molecule has 20 heavy (non-hydrogen) atoms. The third-order valence-electron chi connectivity index (χ3n) is 3.49. The van der Waals surface area contributed by atoms with Crippen molar-refractivity contribution in [3.63, 3.8) is 0 Å². The van der Waals surface area contributed by atoms with Gasteiger partial charge in [-0.2, -0.15) is 0 Å². The number of carbonyl (C=O) groups is 1. The number of nitrogens with one attached hydrogen (secondary N) is 1. The molecule has 1 aliphatic rings. The van der Waals surface area contributed by atoms with Crippen molar-refractivity contribution in [1.29, 1.82) is 0 Å². The Bertz CT molecular complexity index is 636. The van der Waals surface area contributed by atoms with Gasteiger partial charge in [0.15, 0.2) is 0 Å². The van der Waals surface area contributed by atoms with Crippen LogP contribution in [-0.2, 0) is 24.2 Å². The number of aromatic nitrogens is 2. The van der Waals surface area contributed by atoms with E-state index in [0.29, 0.717) is 11.4 Å². The van der Waals surface area contributed by atoms with E-state index < -0.39 is 0 Å². The maximum Gasteiger partial charge on any atom is 0.229 e. The second-order valence-electron chi connectivity index (χ2n) is 5.02. The fourth-order valence-electron chi connectivity index (χ4n) is 2.54. The minimum atomic E-state index is -0.0412. The molecule has 0 radical (unpaired) electrons.